The van der Waals surface area contributed by atoms with E-state index >= 15 is 0 Å². The molecule has 0 radical (unpaired) electrons. The zero-order valence-corrected chi connectivity index (χ0v) is 16.1. The molecule has 4 rings (SSSR count). The molecule has 1 amide bonds. The molecule has 0 fully saturated rings. The molecule has 0 aromatic heterocycles. The van der Waals surface area contributed by atoms with E-state index in [-0.39, 0.29) is 18.0 Å². The number of para-hydroxylation sites is 2. The highest BCUT2D eigenvalue weighted by Gasteiger charge is 2.33. The quantitative estimate of drug-likeness (QED) is 0.677. The minimum Gasteiger partial charge on any atom is -0.497 e. The molecule has 0 saturated carbocycles. The van der Waals surface area contributed by atoms with Gasteiger partial charge in [0.25, 0.3) is 5.91 Å². The van der Waals surface area contributed by atoms with E-state index in [0.717, 1.165) is 29.1 Å². The van der Waals surface area contributed by atoms with Gasteiger partial charge in [0.2, 0.25) is 0 Å². The smallest absolute Gasteiger partial charge is 0.258 e. The summed E-state index contributed by atoms with van der Waals surface area (Å²) in [6.07, 6.45) is 0.841. The summed E-state index contributed by atoms with van der Waals surface area (Å²) in [4.78, 5) is 15.6. The lowest BCUT2D eigenvalue weighted by Gasteiger charge is -2.39. The van der Waals surface area contributed by atoms with Crippen molar-refractivity contribution in [3.05, 3.63) is 90.0 Å². The van der Waals surface area contributed by atoms with Gasteiger partial charge in [-0.15, -0.1) is 0 Å². The Kier molecular flexibility index (Phi) is 5.02. The minimum atomic E-state index is -0.0375. The first-order valence-corrected chi connectivity index (χ1v) is 9.55. The SMILES string of the molecule is COc1ccc(C(=O)N(c2ccccc2)[C@H]2C[C@H](C)Nc3ccccc32)cc1. The largest absolute Gasteiger partial charge is 0.497 e. The van der Waals surface area contributed by atoms with Crippen molar-refractivity contribution in [3.8, 4) is 5.75 Å². The molecule has 4 heteroatoms. The summed E-state index contributed by atoms with van der Waals surface area (Å²) in [6, 6.07) is 25.7. The highest BCUT2D eigenvalue weighted by atomic mass is 16.5. The second-order valence-corrected chi connectivity index (χ2v) is 7.12. The monoisotopic (exact) mass is 372 g/mol. The molecule has 3 aromatic rings. The molecule has 0 aliphatic carbocycles. The highest BCUT2D eigenvalue weighted by molar-refractivity contribution is 6.06. The Bertz CT molecular complexity index is 954. The number of carbonyl (C=O) groups is 1. The van der Waals surface area contributed by atoms with Crippen molar-refractivity contribution < 1.29 is 9.53 Å². The molecule has 142 valence electrons. The van der Waals surface area contributed by atoms with E-state index in [2.05, 4.69) is 24.4 Å². The Labute approximate surface area is 165 Å². The van der Waals surface area contributed by atoms with Gasteiger partial charge in [-0.3, -0.25) is 4.79 Å². The van der Waals surface area contributed by atoms with Crippen LogP contribution in [0.25, 0.3) is 0 Å². The zero-order valence-electron chi connectivity index (χ0n) is 16.1. The lowest BCUT2D eigenvalue weighted by molar-refractivity contribution is 0.0974. The summed E-state index contributed by atoms with van der Waals surface area (Å²) in [5, 5.41) is 3.54. The molecule has 0 unspecified atom stereocenters. The molecule has 1 heterocycles. The van der Waals surface area contributed by atoms with Crippen LogP contribution >= 0.6 is 0 Å². The van der Waals surface area contributed by atoms with Gasteiger partial charge in [-0.1, -0.05) is 36.4 Å². The fraction of sp³-hybridized carbons (Fsp3) is 0.208. The zero-order chi connectivity index (χ0) is 19.5. The van der Waals surface area contributed by atoms with Crippen LogP contribution in [0.1, 0.15) is 35.3 Å². The van der Waals surface area contributed by atoms with E-state index in [1.807, 2.05) is 71.6 Å². The summed E-state index contributed by atoms with van der Waals surface area (Å²) >= 11 is 0. The molecule has 0 bridgehead atoms. The molecular formula is C24H24N2O2. The molecule has 2 atom stereocenters. The van der Waals surface area contributed by atoms with Crippen LogP contribution in [-0.4, -0.2) is 19.1 Å². The maximum Gasteiger partial charge on any atom is 0.258 e. The minimum absolute atomic E-state index is 0.0113. The number of anilines is 2. The van der Waals surface area contributed by atoms with Crippen molar-refractivity contribution >= 4 is 17.3 Å². The van der Waals surface area contributed by atoms with Crippen molar-refractivity contribution in [2.24, 2.45) is 0 Å². The van der Waals surface area contributed by atoms with Gasteiger partial charge in [0.05, 0.1) is 13.2 Å². The van der Waals surface area contributed by atoms with Gasteiger partial charge in [-0.05, 0) is 61.4 Å². The van der Waals surface area contributed by atoms with E-state index in [1.54, 1.807) is 7.11 Å². The van der Waals surface area contributed by atoms with Crippen LogP contribution in [0.15, 0.2) is 78.9 Å². The first kappa shape index (κ1) is 18.1. The summed E-state index contributed by atoms with van der Waals surface area (Å²) in [7, 11) is 1.63. The number of hydrogen-bond donors (Lipinski definition) is 1. The maximum atomic E-state index is 13.6. The number of carbonyl (C=O) groups excluding carboxylic acids is 1. The van der Waals surface area contributed by atoms with Gasteiger partial charge < -0.3 is 15.0 Å². The molecule has 1 N–H and O–H groups in total. The van der Waals surface area contributed by atoms with Crippen molar-refractivity contribution in [1.82, 2.24) is 0 Å². The third-order valence-corrected chi connectivity index (χ3v) is 5.20. The lowest BCUT2D eigenvalue weighted by Crippen LogP contribution is -2.40. The first-order valence-electron chi connectivity index (χ1n) is 9.55. The standard InChI is InChI=1S/C24H24N2O2/c1-17-16-23(21-10-6-7-11-22(21)25-17)26(19-8-4-3-5-9-19)24(27)18-12-14-20(28-2)15-13-18/h3-15,17,23,25H,16H2,1-2H3/t17-,23-/m0/s1. The van der Waals surface area contributed by atoms with E-state index in [0.29, 0.717) is 5.56 Å². The average Bonchev–Trinajstić information content (AvgIpc) is 2.74. The fourth-order valence-corrected chi connectivity index (χ4v) is 3.85. The number of hydrogen-bond acceptors (Lipinski definition) is 3. The van der Waals surface area contributed by atoms with Gasteiger partial charge in [-0.25, -0.2) is 0 Å². The number of fused-ring (bicyclic) bond motifs is 1. The Hall–Kier alpha value is -3.27. The maximum absolute atomic E-state index is 13.6. The molecule has 4 nitrogen and oxygen atoms in total. The third-order valence-electron chi connectivity index (χ3n) is 5.20. The van der Waals surface area contributed by atoms with Crippen LogP contribution in [0.5, 0.6) is 5.75 Å². The van der Waals surface area contributed by atoms with Crippen molar-refractivity contribution in [2.45, 2.75) is 25.4 Å². The number of nitrogens with one attached hydrogen (secondary N) is 1. The number of ether oxygens (including phenoxy) is 1. The molecule has 3 aromatic carbocycles. The molecule has 0 saturated heterocycles. The van der Waals surface area contributed by atoms with Crippen LogP contribution < -0.4 is 15.0 Å². The normalized spacial score (nSPS) is 17.9. The molecule has 28 heavy (non-hydrogen) atoms. The number of benzene rings is 3. The number of rotatable bonds is 4. The Morgan fingerprint density at radius 3 is 2.36 bits per heavy atom. The fourth-order valence-electron chi connectivity index (χ4n) is 3.85. The Balaban J connectivity index is 1.79. The van der Waals surface area contributed by atoms with E-state index in [9.17, 15) is 4.79 Å². The number of nitrogens with zero attached hydrogens (tertiary/aromatic N) is 1. The summed E-state index contributed by atoms with van der Waals surface area (Å²) in [5.41, 5.74) is 3.78. The second kappa shape index (κ2) is 7.77. The highest BCUT2D eigenvalue weighted by Crippen LogP contribution is 2.39. The van der Waals surface area contributed by atoms with Gasteiger partial charge >= 0.3 is 0 Å². The Morgan fingerprint density at radius 1 is 0.964 bits per heavy atom. The van der Waals surface area contributed by atoms with Gasteiger partial charge in [0.1, 0.15) is 5.75 Å². The van der Waals surface area contributed by atoms with Crippen LogP contribution in [-0.2, 0) is 0 Å². The summed E-state index contributed by atoms with van der Waals surface area (Å²) < 4.78 is 5.24. The number of methoxy groups -OCH3 is 1. The van der Waals surface area contributed by atoms with Crippen LogP contribution in [0.4, 0.5) is 11.4 Å². The second-order valence-electron chi connectivity index (χ2n) is 7.12. The van der Waals surface area contributed by atoms with Crippen LogP contribution in [0, 0.1) is 0 Å². The van der Waals surface area contributed by atoms with Crippen molar-refractivity contribution in [2.75, 3.05) is 17.3 Å². The topological polar surface area (TPSA) is 41.6 Å². The summed E-state index contributed by atoms with van der Waals surface area (Å²) in [6.45, 7) is 2.16. The van der Waals surface area contributed by atoms with Crippen molar-refractivity contribution in [3.63, 3.8) is 0 Å². The predicted octanol–water partition coefficient (Wildman–Crippen LogP) is 5.29. The van der Waals surface area contributed by atoms with E-state index in [4.69, 9.17) is 4.74 Å². The summed E-state index contributed by atoms with van der Waals surface area (Å²) in [5.74, 6) is 0.728. The predicted molar refractivity (Wildman–Crippen MR) is 113 cm³/mol. The first-order chi connectivity index (χ1) is 13.7. The Morgan fingerprint density at radius 2 is 1.64 bits per heavy atom. The third kappa shape index (κ3) is 3.46. The van der Waals surface area contributed by atoms with Gasteiger partial charge in [0.15, 0.2) is 0 Å². The van der Waals surface area contributed by atoms with E-state index < -0.39 is 0 Å². The lowest BCUT2D eigenvalue weighted by atomic mass is 9.91. The molecule has 1 aliphatic rings. The van der Waals surface area contributed by atoms with Crippen molar-refractivity contribution in [1.29, 1.82) is 0 Å². The van der Waals surface area contributed by atoms with Gasteiger partial charge in [-0.2, -0.15) is 0 Å². The number of amides is 1. The van der Waals surface area contributed by atoms with Crippen LogP contribution in [0.2, 0.25) is 0 Å². The molecular weight excluding hydrogens is 348 g/mol. The van der Waals surface area contributed by atoms with Crippen LogP contribution in [0.3, 0.4) is 0 Å². The average molecular weight is 372 g/mol. The molecule has 1 aliphatic heterocycles. The molecule has 0 spiro atoms. The van der Waals surface area contributed by atoms with Gasteiger partial charge in [0, 0.05) is 23.0 Å². The van der Waals surface area contributed by atoms with E-state index in [1.165, 1.54) is 0 Å².